The molecule has 0 aliphatic rings. The maximum absolute atomic E-state index is 12.3. The molecule has 28 heavy (non-hydrogen) atoms. The fourth-order valence-electron chi connectivity index (χ4n) is 3.00. The van der Waals surface area contributed by atoms with Gasteiger partial charge >= 0.3 is 6.01 Å². The van der Waals surface area contributed by atoms with Crippen molar-refractivity contribution in [2.45, 2.75) is 20.3 Å². The Morgan fingerprint density at radius 1 is 1.11 bits per heavy atom. The number of carbonyl (C=O) groups is 1. The molecule has 142 valence electrons. The van der Waals surface area contributed by atoms with Crippen molar-refractivity contribution in [3.63, 3.8) is 0 Å². The topological polar surface area (TPSA) is 90.4 Å². The molecular formula is C21H19N3O4. The normalized spacial score (nSPS) is 11.0. The Bertz CT molecular complexity index is 1160. The monoisotopic (exact) mass is 377 g/mol. The summed E-state index contributed by atoms with van der Waals surface area (Å²) in [6.07, 6.45) is 0.229. The zero-order valence-corrected chi connectivity index (χ0v) is 15.8. The number of rotatable bonds is 5. The van der Waals surface area contributed by atoms with Gasteiger partial charge in [-0.25, -0.2) is 0 Å². The van der Waals surface area contributed by atoms with Gasteiger partial charge in [0.1, 0.15) is 0 Å². The molecule has 0 spiro atoms. The van der Waals surface area contributed by atoms with Crippen molar-refractivity contribution in [3.8, 4) is 17.4 Å². The third-order valence-electron chi connectivity index (χ3n) is 4.47. The lowest BCUT2D eigenvalue weighted by Gasteiger charge is -2.06. The number of methoxy groups -OCH3 is 1. The predicted octanol–water partition coefficient (Wildman–Crippen LogP) is 4.29. The van der Waals surface area contributed by atoms with Crippen LogP contribution in [0.5, 0.6) is 5.75 Å². The van der Waals surface area contributed by atoms with Gasteiger partial charge in [0.15, 0.2) is 17.1 Å². The lowest BCUT2D eigenvalue weighted by atomic mass is 10.0. The van der Waals surface area contributed by atoms with E-state index in [2.05, 4.69) is 15.5 Å². The zero-order valence-electron chi connectivity index (χ0n) is 15.8. The number of ether oxygens (including phenoxy) is 1. The van der Waals surface area contributed by atoms with Crippen LogP contribution in [0.15, 0.2) is 51.3 Å². The Labute approximate surface area is 161 Å². The average molecular weight is 377 g/mol. The summed E-state index contributed by atoms with van der Waals surface area (Å²) in [6.45, 7) is 3.97. The Balaban J connectivity index is 1.51. The van der Waals surface area contributed by atoms with E-state index >= 15 is 0 Å². The van der Waals surface area contributed by atoms with E-state index in [0.29, 0.717) is 17.1 Å². The highest BCUT2D eigenvalue weighted by molar-refractivity contribution is 5.90. The van der Waals surface area contributed by atoms with E-state index in [4.69, 9.17) is 13.6 Å². The van der Waals surface area contributed by atoms with Gasteiger partial charge in [-0.3, -0.25) is 10.1 Å². The molecule has 0 unspecified atom stereocenters. The first-order valence-corrected chi connectivity index (χ1v) is 8.80. The second-order valence-electron chi connectivity index (χ2n) is 6.56. The maximum Gasteiger partial charge on any atom is 0.322 e. The van der Waals surface area contributed by atoms with E-state index in [9.17, 15) is 4.79 Å². The number of carbonyl (C=O) groups excluding carboxylic acids is 1. The number of hydrogen-bond donors (Lipinski definition) is 1. The van der Waals surface area contributed by atoms with Crippen LogP contribution >= 0.6 is 0 Å². The summed E-state index contributed by atoms with van der Waals surface area (Å²) in [5, 5.41) is 11.3. The number of furan rings is 1. The number of amides is 1. The third-order valence-corrected chi connectivity index (χ3v) is 4.47. The Morgan fingerprint density at radius 2 is 1.96 bits per heavy atom. The highest BCUT2D eigenvalue weighted by atomic mass is 16.5. The Hall–Kier alpha value is -3.61. The molecule has 4 aromatic rings. The van der Waals surface area contributed by atoms with Crippen LogP contribution in [0.4, 0.5) is 6.01 Å². The van der Waals surface area contributed by atoms with Crippen LogP contribution < -0.4 is 10.1 Å². The largest absolute Gasteiger partial charge is 0.493 e. The molecular weight excluding hydrogens is 358 g/mol. The smallest absolute Gasteiger partial charge is 0.322 e. The molecule has 7 heteroatoms. The minimum atomic E-state index is -0.227. The second-order valence-corrected chi connectivity index (χ2v) is 6.56. The molecule has 2 aromatic carbocycles. The first-order valence-electron chi connectivity index (χ1n) is 8.80. The molecule has 4 rings (SSSR count). The molecule has 2 heterocycles. The highest BCUT2D eigenvalue weighted by Gasteiger charge is 2.17. The van der Waals surface area contributed by atoms with Crippen molar-refractivity contribution in [3.05, 3.63) is 59.2 Å². The summed E-state index contributed by atoms with van der Waals surface area (Å²) in [5.41, 5.74) is 3.72. The van der Waals surface area contributed by atoms with E-state index in [0.717, 1.165) is 22.1 Å². The first-order chi connectivity index (χ1) is 13.5. The molecule has 0 saturated heterocycles. The molecule has 0 aliphatic carbocycles. The number of fused-ring (bicyclic) bond motifs is 1. The zero-order chi connectivity index (χ0) is 19.7. The lowest BCUT2D eigenvalue weighted by Crippen LogP contribution is -2.15. The maximum atomic E-state index is 12.3. The SMILES string of the molecule is COc1cccc2cc(-c3nnc(NC(=O)Cc4cc(C)ccc4C)o3)oc12. The number of nitrogens with zero attached hydrogens (tertiary/aromatic N) is 2. The van der Waals surface area contributed by atoms with Gasteiger partial charge < -0.3 is 13.6 Å². The molecule has 2 aromatic heterocycles. The Morgan fingerprint density at radius 3 is 2.79 bits per heavy atom. The van der Waals surface area contributed by atoms with E-state index in [1.165, 1.54) is 0 Å². The minimum absolute atomic E-state index is 0.0257. The van der Waals surface area contributed by atoms with Crippen LogP contribution in [0.2, 0.25) is 0 Å². The molecule has 0 fully saturated rings. The Kier molecular flexibility index (Phi) is 4.57. The number of aryl methyl sites for hydroxylation is 2. The highest BCUT2D eigenvalue weighted by Crippen LogP contribution is 2.33. The van der Waals surface area contributed by atoms with Crippen LogP contribution in [0, 0.1) is 13.8 Å². The van der Waals surface area contributed by atoms with Crippen LogP contribution in [0.25, 0.3) is 22.6 Å². The van der Waals surface area contributed by atoms with Gasteiger partial charge in [0, 0.05) is 5.39 Å². The molecule has 1 amide bonds. The molecule has 0 saturated carbocycles. The summed E-state index contributed by atoms with van der Waals surface area (Å²) in [5.74, 6) is 0.975. The number of benzene rings is 2. The van der Waals surface area contributed by atoms with Crippen molar-refractivity contribution in [2.24, 2.45) is 0 Å². The summed E-state index contributed by atoms with van der Waals surface area (Å²) < 4.78 is 16.6. The van der Waals surface area contributed by atoms with Gasteiger partial charge in [-0.2, -0.15) is 0 Å². The summed E-state index contributed by atoms with van der Waals surface area (Å²) in [6, 6.07) is 13.4. The first kappa shape index (κ1) is 17.8. The predicted molar refractivity (Wildman–Crippen MR) is 104 cm³/mol. The van der Waals surface area contributed by atoms with Gasteiger partial charge in [-0.1, -0.05) is 41.0 Å². The van der Waals surface area contributed by atoms with E-state index in [1.807, 2.05) is 50.2 Å². The number of para-hydroxylation sites is 1. The number of hydrogen-bond acceptors (Lipinski definition) is 6. The van der Waals surface area contributed by atoms with Crippen molar-refractivity contribution in [1.29, 1.82) is 0 Å². The van der Waals surface area contributed by atoms with Gasteiger partial charge in [-0.05, 0) is 37.1 Å². The van der Waals surface area contributed by atoms with Crippen LogP contribution in [-0.2, 0) is 11.2 Å². The summed E-state index contributed by atoms with van der Waals surface area (Å²) in [7, 11) is 1.58. The molecule has 7 nitrogen and oxygen atoms in total. The minimum Gasteiger partial charge on any atom is -0.493 e. The van der Waals surface area contributed by atoms with E-state index < -0.39 is 0 Å². The third kappa shape index (κ3) is 3.46. The molecule has 0 bridgehead atoms. The van der Waals surface area contributed by atoms with Gasteiger partial charge in [0.2, 0.25) is 5.91 Å². The van der Waals surface area contributed by atoms with Gasteiger partial charge in [-0.15, -0.1) is 5.10 Å². The number of nitrogens with one attached hydrogen (secondary N) is 1. The van der Waals surface area contributed by atoms with Crippen molar-refractivity contribution in [1.82, 2.24) is 10.2 Å². The van der Waals surface area contributed by atoms with Crippen molar-refractivity contribution >= 4 is 22.9 Å². The van der Waals surface area contributed by atoms with Crippen LogP contribution in [-0.4, -0.2) is 23.2 Å². The van der Waals surface area contributed by atoms with E-state index in [1.54, 1.807) is 13.2 Å². The van der Waals surface area contributed by atoms with Crippen molar-refractivity contribution < 1.29 is 18.4 Å². The average Bonchev–Trinajstić information content (AvgIpc) is 3.31. The molecule has 0 atom stereocenters. The molecule has 1 N–H and O–H groups in total. The van der Waals surface area contributed by atoms with E-state index in [-0.39, 0.29) is 24.2 Å². The van der Waals surface area contributed by atoms with Crippen LogP contribution in [0.3, 0.4) is 0 Å². The van der Waals surface area contributed by atoms with Crippen molar-refractivity contribution in [2.75, 3.05) is 12.4 Å². The van der Waals surface area contributed by atoms with Gasteiger partial charge in [0.05, 0.1) is 13.5 Å². The lowest BCUT2D eigenvalue weighted by molar-refractivity contribution is -0.115. The fraction of sp³-hybridized carbons (Fsp3) is 0.190. The molecule has 0 radical (unpaired) electrons. The van der Waals surface area contributed by atoms with Crippen LogP contribution in [0.1, 0.15) is 16.7 Å². The van der Waals surface area contributed by atoms with Gasteiger partial charge in [0.25, 0.3) is 5.89 Å². The summed E-state index contributed by atoms with van der Waals surface area (Å²) in [4.78, 5) is 12.3. The summed E-state index contributed by atoms with van der Waals surface area (Å²) >= 11 is 0. The number of aromatic nitrogens is 2. The number of anilines is 1. The quantitative estimate of drug-likeness (QED) is 0.558. The second kappa shape index (κ2) is 7.19. The fourth-order valence-corrected chi connectivity index (χ4v) is 3.00. The molecule has 0 aliphatic heterocycles. The standard InChI is InChI=1S/C21H19N3O4/c1-12-7-8-13(2)15(9-12)11-18(25)22-21-24-23-20(28-21)17-10-14-5-4-6-16(26-3)19(14)27-17/h4-10H,11H2,1-3H3,(H,22,24,25).